The molecule has 1 heterocycles. The molecule has 8 heteroatoms. The molecule has 0 saturated heterocycles. The van der Waals surface area contributed by atoms with E-state index in [9.17, 15) is 8.42 Å². The minimum Gasteiger partial charge on any atom is -0.486 e. The molecule has 1 aliphatic heterocycles. The highest BCUT2D eigenvalue weighted by atomic mass is 32.2. The van der Waals surface area contributed by atoms with Crippen LogP contribution in [0.1, 0.15) is 0 Å². The molecule has 1 aromatic rings. The van der Waals surface area contributed by atoms with E-state index in [1.807, 2.05) is 0 Å². The fourth-order valence-corrected chi connectivity index (χ4v) is 1.83. The van der Waals surface area contributed by atoms with Gasteiger partial charge in [0.25, 0.3) is 10.2 Å². The van der Waals surface area contributed by atoms with Crippen LogP contribution in [0.5, 0.6) is 11.5 Å². The highest BCUT2D eigenvalue weighted by molar-refractivity contribution is 7.90. The van der Waals surface area contributed by atoms with Crippen molar-refractivity contribution in [2.24, 2.45) is 5.14 Å². The van der Waals surface area contributed by atoms with Gasteiger partial charge in [0.1, 0.15) is 13.2 Å². The number of nitrogens with one attached hydrogen (secondary N) is 1. The van der Waals surface area contributed by atoms with Gasteiger partial charge in [-0.25, -0.2) is 5.14 Å². The van der Waals surface area contributed by atoms with Crippen molar-refractivity contribution in [2.45, 2.75) is 0 Å². The second-order valence-corrected chi connectivity index (χ2v) is 4.52. The van der Waals surface area contributed by atoms with Crippen molar-refractivity contribution in [3.8, 4) is 11.5 Å². The molecular formula is C8H11N3O4S. The molecule has 0 atom stereocenters. The first-order valence-corrected chi connectivity index (χ1v) is 6.00. The summed E-state index contributed by atoms with van der Waals surface area (Å²) in [6, 6.07) is 2.93. The molecule has 7 nitrogen and oxygen atoms in total. The smallest absolute Gasteiger partial charge is 0.296 e. The monoisotopic (exact) mass is 245 g/mol. The first-order chi connectivity index (χ1) is 7.46. The Hall–Kier alpha value is -1.67. The van der Waals surface area contributed by atoms with Gasteiger partial charge < -0.3 is 15.2 Å². The zero-order valence-corrected chi connectivity index (χ0v) is 9.08. The fraction of sp³-hybridized carbons (Fsp3) is 0.250. The molecule has 88 valence electrons. The molecule has 0 amide bonds. The minimum atomic E-state index is -3.85. The molecule has 0 aromatic heterocycles. The maximum atomic E-state index is 10.9. The molecule has 0 bridgehead atoms. The van der Waals surface area contributed by atoms with E-state index >= 15 is 0 Å². The van der Waals surface area contributed by atoms with Crippen LogP contribution in [-0.2, 0) is 10.2 Å². The number of rotatable bonds is 2. The third kappa shape index (κ3) is 2.28. The molecule has 0 saturated carbocycles. The Bertz CT molecular complexity index is 514. The van der Waals surface area contributed by atoms with Gasteiger partial charge in [-0.2, -0.15) is 8.42 Å². The normalized spacial score (nSPS) is 14.6. The molecule has 0 unspecified atom stereocenters. The van der Waals surface area contributed by atoms with Crippen LogP contribution in [0, 0.1) is 0 Å². The van der Waals surface area contributed by atoms with Crippen molar-refractivity contribution in [1.82, 2.24) is 0 Å². The Kier molecular flexibility index (Phi) is 2.52. The summed E-state index contributed by atoms with van der Waals surface area (Å²) in [6.45, 7) is 0.847. The Morgan fingerprint density at radius 1 is 1.19 bits per heavy atom. The van der Waals surface area contributed by atoms with Crippen molar-refractivity contribution in [1.29, 1.82) is 0 Å². The second kappa shape index (κ2) is 3.72. The molecule has 0 spiro atoms. The van der Waals surface area contributed by atoms with Crippen LogP contribution in [0.2, 0.25) is 0 Å². The lowest BCUT2D eigenvalue weighted by Gasteiger charge is -2.20. The maximum Gasteiger partial charge on any atom is 0.296 e. The number of hydrogen-bond acceptors (Lipinski definition) is 5. The zero-order chi connectivity index (χ0) is 11.8. The van der Waals surface area contributed by atoms with Crippen molar-refractivity contribution in [3.05, 3.63) is 12.1 Å². The maximum absolute atomic E-state index is 10.9. The van der Waals surface area contributed by atoms with Crippen LogP contribution >= 0.6 is 0 Å². The van der Waals surface area contributed by atoms with E-state index in [0.29, 0.717) is 24.7 Å². The predicted molar refractivity (Wildman–Crippen MR) is 58.6 cm³/mol. The van der Waals surface area contributed by atoms with Gasteiger partial charge in [-0.1, -0.05) is 0 Å². The number of anilines is 2. The summed E-state index contributed by atoms with van der Waals surface area (Å²) in [5.41, 5.74) is 6.03. The van der Waals surface area contributed by atoms with Gasteiger partial charge >= 0.3 is 0 Å². The number of benzene rings is 1. The third-order valence-electron chi connectivity index (χ3n) is 1.97. The SMILES string of the molecule is Nc1cc2c(cc1NS(N)(=O)=O)OCCO2. The number of nitrogen functional groups attached to an aromatic ring is 1. The van der Waals surface area contributed by atoms with Crippen LogP contribution in [0.15, 0.2) is 12.1 Å². The zero-order valence-electron chi connectivity index (χ0n) is 8.26. The van der Waals surface area contributed by atoms with Gasteiger partial charge in [-0.3, -0.25) is 4.72 Å². The van der Waals surface area contributed by atoms with E-state index in [1.54, 1.807) is 0 Å². The lowest BCUT2D eigenvalue weighted by molar-refractivity contribution is 0.172. The van der Waals surface area contributed by atoms with E-state index in [0.717, 1.165) is 0 Å². The number of ether oxygens (including phenoxy) is 2. The van der Waals surface area contributed by atoms with Gasteiger partial charge in [-0.15, -0.1) is 0 Å². The second-order valence-electron chi connectivity index (χ2n) is 3.23. The van der Waals surface area contributed by atoms with Crippen molar-refractivity contribution < 1.29 is 17.9 Å². The summed E-state index contributed by atoms with van der Waals surface area (Å²) in [5.74, 6) is 0.926. The van der Waals surface area contributed by atoms with Crippen molar-refractivity contribution >= 4 is 21.6 Å². The predicted octanol–water partition coefficient (Wildman–Crippen LogP) is -0.345. The van der Waals surface area contributed by atoms with Crippen molar-refractivity contribution in [3.63, 3.8) is 0 Å². The fourth-order valence-electron chi connectivity index (χ4n) is 1.35. The average molecular weight is 245 g/mol. The summed E-state index contributed by atoms with van der Waals surface area (Å²) < 4.78 is 34.4. The molecule has 5 N–H and O–H groups in total. The summed E-state index contributed by atoms with van der Waals surface area (Å²) >= 11 is 0. The van der Waals surface area contributed by atoms with Crippen LogP contribution in [0.4, 0.5) is 11.4 Å². The molecule has 0 aliphatic carbocycles. The van der Waals surface area contributed by atoms with E-state index in [4.69, 9.17) is 20.3 Å². The van der Waals surface area contributed by atoms with Gasteiger partial charge in [0, 0.05) is 12.1 Å². The largest absolute Gasteiger partial charge is 0.486 e. The quantitative estimate of drug-likeness (QED) is 0.616. The summed E-state index contributed by atoms with van der Waals surface area (Å²) in [6.07, 6.45) is 0. The average Bonchev–Trinajstić information content (AvgIpc) is 2.17. The minimum absolute atomic E-state index is 0.173. The van der Waals surface area contributed by atoms with E-state index in [-0.39, 0.29) is 11.4 Å². The molecule has 0 radical (unpaired) electrons. The number of hydrogen-bond donors (Lipinski definition) is 3. The Labute approximate surface area is 92.5 Å². The van der Waals surface area contributed by atoms with Gasteiger partial charge in [-0.05, 0) is 0 Å². The molecule has 16 heavy (non-hydrogen) atoms. The van der Waals surface area contributed by atoms with E-state index in [2.05, 4.69) is 4.72 Å². The highest BCUT2D eigenvalue weighted by Gasteiger charge is 2.16. The lowest BCUT2D eigenvalue weighted by Crippen LogP contribution is -2.23. The number of fused-ring (bicyclic) bond motifs is 1. The molecule has 1 aliphatic rings. The first kappa shape index (κ1) is 10.8. The molecular weight excluding hydrogens is 234 g/mol. The van der Waals surface area contributed by atoms with Gasteiger partial charge in [0.2, 0.25) is 0 Å². The highest BCUT2D eigenvalue weighted by Crippen LogP contribution is 2.37. The summed E-state index contributed by atoms with van der Waals surface area (Å²) in [7, 11) is -3.85. The van der Waals surface area contributed by atoms with Crippen LogP contribution in [-0.4, -0.2) is 21.6 Å². The van der Waals surface area contributed by atoms with Crippen LogP contribution in [0.3, 0.4) is 0 Å². The topological polar surface area (TPSA) is 117 Å². The van der Waals surface area contributed by atoms with E-state index in [1.165, 1.54) is 12.1 Å². The molecule has 2 rings (SSSR count). The van der Waals surface area contributed by atoms with Crippen LogP contribution in [0.25, 0.3) is 0 Å². The van der Waals surface area contributed by atoms with Gasteiger partial charge in [0.15, 0.2) is 11.5 Å². The van der Waals surface area contributed by atoms with Gasteiger partial charge in [0.05, 0.1) is 11.4 Å². The first-order valence-electron chi connectivity index (χ1n) is 4.45. The number of nitrogens with two attached hydrogens (primary N) is 2. The Morgan fingerprint density at radius 3 is 2.31 bits per heavy atom. The lowest BCUT2D eigenvalue weighted by atomic mass is 10.2. The van der Waals surface area contributed by atoms with Crippen molar-refractivity contribution in [2.75, 3.05) is 23.7 Å². The standard InChI is InChI=1S/C8H11N3O4S/c9-5-3-7-8(15-2-1-14-7)4-6(5)11-16(10,12)13/h3-4,11H,1-2,9H2,(H2,10,12,13). The van der Waals surface area contributed by atoms with E-state index < -0.39 is 10.2 Å². The Morgan fingerprint density at radius 2 is 1.75 bits per heavy atom. The third-order valence-corrected chi connectivity index (χ3v) is 2.47. The molecule has 1 aromatic carbocycles. The summed E-state index contributed by atoms with van der Waals surface area (Å²) in [4.78, 5) is 0. The van der Waals surface area contributed by atoms with Crippen LogP contribution < -0.4 is 25.1 Å². The summed E-state index contributed by atoms with van der Waals surface area (Å²) in [5, 5.41) is 4.85. The molecule has 0 fully saturated rings. The Balaban J connectivity index is 2.40.